The third-order valence-electron chi connectivity index (χ3n) is 3.32. The number of para-hydroxylation sites is 1. The first-order valence-electron chi connectivity index (χ1n) is 7.27. The van der Waals surface area contributed by atoms with Gasteiger partial charge in [0.2, 0.25) is 0 Å². The van der Waals surface area contributed by atoms with Gasteiger partial charge in [-0.15, -0.1) is 0 Å². The Hall–Kier alpha value is -2.14. The molecule has 2 rings (SSSR count). The van der Waals surface area contributed by atoms with Crippen LogP contribution in [0.4, 0.5) is 0 Å². The van der Waals surface area contributed by atoms with Crippen LogP contribution in [0.15, 0.2) is 59.5 Å². The number of carbonyl (C=O) groups excluding carboxylic acids is 1. The first-order chi connectivity index (χ1) is 10.7. The molecule has 0 spiro atoms. The van der Waals surface area contributed by atoms with Crippen LogP contribution in [-0.4, -0.2) is 20.0 Å². The van der Waals surface area contributed by atoms with Crippen molar-refractivity contribution in [3.8, 4) is 11.5 Å². The number of Topliss-reactive ketones (excluding diaryl/α,β-unsaturated/α-hetero) is 1. The van der Waals surface area contributed by atoms with E-state index in [4.69, 9.17) is 4.74 Å². The lowest BCUT2D eigenvalue weighted by atomic mass is 9.92. The molecule has 0 aliphatic carbocycles. The molecule has 0 N–H and O–H groups in total. The number of carbonyl (C=O) groups is 1. The van der Waals surface area contributed by atoms with Gasteiger partial charge in [0.05, 0.1) is 4.90 Å². The van der Waals surface area contributed by atoms with Gasteiger partial charge < -0.3 is 4.74 Å². The lowest BCUT2D eigenvalue weighted by Crippen LogP contribution is -2.28. The first-order valence-corrected chi connectivity index (χ1v) is 8.93. The van der Waals surface area contributed by atoms with Gasteiger partial charge in [-0.05, 0) is 36.4 Å². The zero-order chi connectivity index (χ0) is 17.1. The highest BCUT2D eigenvalue weighted by molar-refractivity contribution is 7.92. The van der Waals surface area contributed by atoms with Gasteiger partial charge in [0, 0.05) is 5.41 Å². The summed E-state index contributed by atoms with van der Waals surface area (Å²) in [6.45, 7) is 5.13. The molecule has 0 amide bonds. The van der Waals surface area contributed by atoms with E-state index in [0.29, 0.717) is 11.5 Å². The molecular weight excluding hydrogens is 312 g/mol. The van der Waals surface area contributed by atoms with E-state index in [9.17, 15) is 13.2 Å². The average Bonchev–Trinajstić information content (AvgIpc) is 2.47. The summed E-state index contributed by atoms with van der Waals surface area (Å²) in [6, 6.07) is 15.3. The SMILES string of the molecule is CC(C)(C)C(=O)CS(=O)(=O)c1ccc(Oc2ccccc2)cc1. The number of ether oxygens (including phenoxy) is 1. The van der Waals surface area contributed by atoms with Crippen LogP contribution in [0.25, 0.3) is 0 Å². The Morgan fingerprint density at radius 2 is 1.43 bits per heavy atom. The van der Waals surface area contributed by atoms with Crippen LogP contribution in [0.1, 0.15) is 20.8 Å². The molecule has 0 radical (unpaired) electrons. The number of hydrogen-bond acceptors (Lipinski definition) is 4. The second-order valence-corrected chi connectivity index (χ2v) is 8.31. The van der Waals surface area contributed by atoms with Gasteiger partial charge >= 0.3 is 0 Å². The van der Waals surface area contributed by atoms with Crippen LogP contribution in [0.3, 0.4) is 0 Å². The van der Waals surface area contributed by atoms with E-state index in [1.54, 1.807) is 32.9 Å². The Morgan fingerprint density at radius 3 is 1.96 bits per heavy atom. The van der Waals surface area contributed by atoms with E-state index in [-0.39, 0.29) is 10.7 Å². The monoisotopic (exact) mass is 332 g/mol. The van der Waals surface area contributed by atoms with Gasteiger partial charge in [-0.1, -0.05) is 39.0 Å². The molecule has 0 bridgehead atoms. The molecule has 0 fully saturated rings. The molecule has 0 aliphatic rings. The zero-order valence-electron chi connectivity index (χ0n) is 13.4. The molecule has 4 nitrogen and oxygen atoms in total. The van der Waals surface area contributed by atoms with Gasteiger partial charge in [0.15, 0.2) is 15.6 Å². The summed E-state index contributed by atoms with van der Waals surface area (Å²) in [7, 11) is -3.64. The average molecular weight is 332 g/mol. The molecular formula is C18H20O4S. The lowest BCUT2D eigenvalue weighted by molar-refractivity contribution is -0.123. The maximum absolute atomic E-state index is 12.3. The highest BCUT2D eigenvalue weighted by Gasteiger charge is 2.27. The molecule has 2 aromatic rings. The topological polar surface area (TPSA) is 60.4 Å². The Balaban J connectivity index is 2.14. The summed E-state index contributed by atoms with van der Waals surface area (Å²) in [5.74, 6) is 0.417. The number of hydrogen-bond donors (Lipinski definition) is 0. The molecule has 0 heterocycles. The summed E-state index contributed by atoms with van der Waals surface area (Å²) < 4.78 is 30.2. The number of ketones is 1. The molecule has 0 aromatic heterocycles. The first kappa shape index (κ1) is 17.2. The molecule has 0 aliphatic heterocycles. The van der Waals surface area contributed by atoms with Crippen molar-refractivity contribution >= 4 is 15.6 Å². The summed E-state index contributed by atoms with van der Waals surface area (Å²) >= 11 is 0. The van der Waals surface area contributed by atoms with Crippen LogP contribution in [0.2, 0.25) is 0 Å². The quantitative estimate of drug-likeness (QED) is 0.834. The van der Waals surface area contributed by atoms with Crippen molar-refractivity contribution in [3.05, 3.63) is 54.6 Å². The van der Waals surface area contributed by atoms with Crippen molar-refractivity contribution < 1.29 is 17.9 Å². The highest BCUT2D eigenvalue weighted by Crippen LogP contribution is 2.24. The van der Waals surface area contributed by atoms with Crippen molar-refractivity contribution in [3.63, 3.8) is 0 Å². The second kappa shape index (κ2) is 6.54. The Morgan fingerprint density at radius 1 is 0.913 bits per heavy atom. The van der Waals surface area contributed by atoms with Gasteiger partial charge in [0.1, 0.15) is 17.3 Å². The molecule has 2 aromatic carbocycles. The summed E-state index contributed by atoms with van der Waals surface area (Å²) in [5, 5.41) is 0. The van der Waals surface area contributed by atoms with Crippen LogP contribution in [-0.2, 0) is 14.6 Å². The predicted octanol–water partition coefficient (Wildman–Crippen LogP) is 3.87. The van der Waals surface area contributed by atoms with Crippen LogP contribution < -0.4 is 4.74 Å². The van der Waals surface area contributed by atoms with E-state index in [1.165, 1.54) is 12.1 Å². The van der Waals surface area contributed by atoms with Crippen molar-refractivity contribution in [2.45, 2.75) is 25.7 Å². The van der Waals surface area contributed by atoms with Crippen LogP contribution in [0.5, 0.6) is 11.5 Å². The van der Waals surface area contributed by atoms with E-state index >= 15 is 0 Å². The second-order valence-electron chi connectivity index (χ2n) is 6.32. The number of sulfone groups is 1. The summed E-state index contributed by atoms with van der Waals surface area (Å²) in [4.78, 5) is 12.1. The Labute approximate surface area is 137 Å². The lowest BCUT2D eigenvalue weighted by Gasteiger charge is -2.16. The minimum absolute atomic E-state index is 0.121. The van der Waals surface area contributed by atoms with E-state index < -0.39 is 21.0 Å². The van der Waals surface area contributed by atoms with Gasteiger partial charge in [-0.25, -0.2) is 8.42 Å². The molecule has 0 saturated carbocycles. The molecule has 0 unspecified atom stereocenters. The third-order valence-corrected chi connectivity index (χ3v) is 4.95. The maximum atomic E-state index is 12.3. The minimum Gasteiger partial charge on any atom is -0.457 e. The molecule has 5 heteroatoms. The number of benzene rings is 2. The maximum Gasteiger partial charge on any atom is 0.185 e. The van der Waals surface area contributed by atoms with Gasteiger partial charge in [0.25, 0.3) is 0 Å². The fraction of sp³-hybridized carbons (Fsp3) is 0.278. The molecule has 122 valence electrons. The molecule has 0 atom stereocenters. The van der Waals surface area contributed by atoms with Crippen molar-refractivity contribution in [2.24, 2.45) is 5.41 Å². The van der Waals surface area contributed by atoms with Crippen molar-refractivity contribution in [1.29, 1.82) is 0 Å². The predicted molar refractivity (Wildman–Crippen MR) is 89.5 cm³/mol. The zero-order valence-corrected chi connectivity index (χ0v) is 14.3. The van der Waals surface area contributed by atoms with Crippen molar-refractivity contribution in [2.75, 3.05) is 5.75 Å². The normalized spacial score (nSPS) is 12.0. The standard InChI is InChI=1S/C18H20O4S/c1-18(2,3)17(19)13-23(20,21)16-11-9-15(10-12-16)22-14-7-5-4-6-8-14/h4-12H,13H2,1-3H3. The van der Waals surface area contributed by atoms with Crippen molar-refractivity contribution in [1.82, 2.24) is 0 Å². The minimum atomic E-state index is -3.64. The smallest absolute Gasteiger partial charge is 0.185 e. The Kier molecular flexibility index (Phi) is 4.90. The van der Waals surface area contributed by atoms with E-state index in [1.807, 2.05) is 30.3 Å². The van der Waals surface area contributed by atoms with Crippen LogP contribution >= 0.6 is 0 Å². The van der Waals surface area contributed by atoms with E-state index in [2.05, 4.69) is 0 Å². The van der Waals surface area contributed by atoms with E-state index in [0.717, 1.165) is 0 Å². The summed E-state index contributed by atoms with van der Waals surface area (Å²) in [6.07, 6.45) is 0. The fourth-order valence-electron chi connectivity index (χ4n) is 1.81. The molecule has 0 saturated heterocycles. The fourth-order valence-corrected chi connectivity index (χ4v) is 3.31. The number of rotatable bonds is 5. The largest absolute Gasteiger partial charge is 0.457 e. The third kappa shape index (κ3) is 4.66. The van der Waals surface area contributed by atoms with Gasteiger partial charge in [-0.2, -0.15) is 0 Å². The highest BCUT2D eigenvalue weighted by atomic mass is 32.2. The Bertz CT molecular complexity index is 770. The summed E-state index contributed by atoms with van der Waals surface area (Å²) in [5.41, 5.74) is -0.677. The molecule has 23 heavy (non-hydrogen) atoms. The van der Waals surface area contributed by atoms with Gasteiger partial charge in [-0.3, -0.25) is 4.79 Å². The van der Waals surface area contributed by atoms with Crippen LogP contribution in [0, 0.1) is 5.41 Å².